The average Bonchev–Trinajstić information content (AvgIpc) is 2.51. The van der Waals surface area contributed by atoms with E-state index >= 15 is 0 Å². The molecule has 120 valence electrons. The van der Waals surface area contributed by atoms with Crippen LogP contribution < -0.4 is 5.32 Å². The monoisotopic (exact) mass is 349 g/mol. The number of hydrogen-bond acceptors (Lipinski definition) is 2. The molecule has 0 saturated carbocycles. The number of halogens is 2. The zero-order chi connectivity index (χ0) is 17.2. The molecule has 0 aliphatic rings. The first-order valence-electron chi connectivity index (χ1n) is 7.11. The van der Waals surface area contributed by atoms with Crippen LogP contribution in [0.1, 0.15) is 36.7 Å². The Morgan fingerprint density at radius 1 is 0.957 bits per heavy atom. The minimum absolute atomic E-state index is 0.158. The maximum atomic E-state index is 12.7. The lowest BCUT2D eigenvalue weighted by Crippen LogP contribution is -2.28. The van der Waals surface area contributed by atoms with Gasteiger partial charge in [0.05, 0.1) is 15.7 Å². The van der Waals surface area contributed by atoms with Crippen LogP contribution in [-0.4, -0.2) is 11.7 Å². The summed E-state index contributed by atoms with van der Waals surface area (Å²) in [6.07, 6.45) is 0. The largest absolute Gasteiger partial charge is 0.324 e. The Bertz CT molecular complexity index is 750. The van der Waals surface area contributed by atoms with Gasteiger partial charge in [-0.15, -0.1) is 0 Å². The molecule has 23 heavy (non-hydrogen) atoms. The van der Waals surface area contributed by atoms with E-state index < -0.39 is 5.41 Å². The zero-order valence-corrected chi connectivity index (χ0v) is 14.6. The second-order valence-corrected chi connectivity index (χ2v) is 6.97. The number of rotatable bonds is 3. The van der Waals surface area contributed by atoms with Crippen molar-refractivity contribution in [2.45, 2.75) is 20.8 Å². The first kappa shape index (κ1) is 17.5. The number of carbonyl (C=O) groups is 2. The summed E-state index contributed by atoms with van der Waals surface area (Å²) in [5.74, 6) is -0.475. The Morgan fingerprint density at radius 2 is 1.57 bits per heavy atom. The fraction of sp³-hybridized carbons (Fsp3) is 0.222. The molecule has 1 N–H and O–H groups in total. The number of amides is 1. The molecule has 1 amide bonds. The van der Waals surface area contributed by atoms with Gasteiger partial charge in [-0.05, 0) is 12.1 Å². The number of hydrogen-bond donors (Lipinski definition) is 1. The van der Waals surface area contributed by atoms with Crippen molar-refractivity contribution in [2.24, 2.45) is 5.41 Å². The van der Waals surface area contributed by atoms with Crippen molar-refractivity contribution in [3.63, 3.8) is 0 Å². The van der Waals surface area contributed by atoms with Gasteiger partial charge in [-0.25, -0.2) is 0 Å². The highest BCUT2D eigenvalue weighted by Crippen LogP contribution is 2.35. The van der Waals surface area contributed by atoms with Gasteiger partial charge in [0.25, 0.3) is 0 Å². The van der Waals surface area contributed by atoms with Gasteiger partial charge in [0.15, 0.2) is 5.78 Å². The van der Waals surface area contributed by atoms with E-state index in [0.717, 1.165) is 0 Å². The normalized spacial score (nSPS) is 11.2. The van der Waals surface area contributed by atoms with Gasteiger partial charge < -0.3 is 5.32 Å². The average molecular weight is 350 g/mol. The quantitative estimate of drug-likeness (QED) is 0.773. The van der Waals surface area contributed by atoms with Crippen LogP contribution in [0.2, 0.25) is 10.0 Å². The summed E-state index contributed by atoms with van der Waals surface area (Å²) in [5, 5.41) is 3.17. The third-order valence-corrected chi connectivity index (χ3v) is 4.10. The molecule has 5 heteroatoms. The number of benzene rings is 2. The van der Waals surface area contributed by atoms with Gasteiger partial charge in [0, 0.05) is 16.5 Å². The maximum absolute atomic E-state index is 12.7. The molecule has 0 spiro atoms. The Hall–Kier alpha value is -1.84. The van der Waals surface area contributed by atoms with Crippen molar-refractivity contribution < 1.29 is 9.59 Å². The fourth-order valence-corrected chi connectivity index (χ4v) is 2.28. The number of carbonyl (C=O) groups excluding carboxylic acids is 2. The molecule has 0 aliphatic heterocycles. The van der Waals surface area contributed by atoms with Gasteiger partial charge in [-0.1, -0.05) is 74.3 Å². The molecule has 0 aromatic heterocycles. The summed E-state index contributed by atoms with van der Waals surface area (Å²) in [7, 11) is 0. The third-order valence-electron chi connectivity index (χ3n) is 3.30. The summed E-state index contributed by atoms with van der Waals surface area (Å²) in [4.78, 5) is 25.0. The number of nitrogens with one attached hydrogen (secondary N) is 1. The minimum Gasteiger partial charge on any atom is -0.324 e. The van der Waals surface area contributed by atoms with Crippen LogP contribution in [0.25, 0.3) is 0 Å². The molecule has 2 rings (SSSR count). The lowest BCUT2D eigenvalue weighted by atomic mass is 9.94. The molecule has 2 aromatic rings. The van der Waals surface area contributed by atoms with Gasteiger partial charge in [-0.3, -0.25) is 9.59 Å². The van der Waals surface area contributed by atoms with E-state index in [0.29, 0.717) is 11.1 Å². The van der Waals surface area contributed by atoms with E-state index in [1.165, 1.54) is 0 Å². The van der Waals surface area contributed by atoms with Crippen molar-refractivity contribution >= 4 is 40.6 Å². The molecule has 2 aromatic carbocycles. The molecular weight excluding hydrogens is 333 g/mol. The van der Waals surface area contributed by atoms with Crippen LogP contribution in [0.5, 0.6) is 0 Å². The van der Waals surface area contributed by atoms with E-state index in [4.69, 9.17) is 23.2 Å². The molecule has 0 atom stereocenters. The SMILES string of the molecule is CC(C)(C)C(=O)Nc1c(C(=O)c2ccccc2)ccc(Cl)c1Cl. The Kier molecular flexibility index (Phi) is 5.12. The third kappa shape index (κ3) is 3.92. The lowest BCUT2D eigenvalue weighted by molar-refractivity contribution is -0.123. The second-order valence-electron chi connectivity index (χ2n) is 6.18. The number of ketones is 1. The van der Waals surface area contributed by atoms with Gasteiger partial charge in [0.2, 0.25) is 5.91 Å². The van der Waals surface area contributed by atoms with Crippen molar-refractivity contribution in [1.82, 2.24) is 0 Å². The molecule has 0 heterocycles. The summed E-state index contributed by atoms with van der Waals surface area (Å²) in [6, 6.07) is 11.9. The predicted molar refractivity (Wildman–Crippen MR) is 94.4 cm³/mol. The fourth-order valence-electron chi connectivity index (χ4n) is 1.91. The first-order chi connectivity index (χ1) is 10.7. The molecule has 0 aliphatic carbocycles. The zero-order valence-electron chi connectivity index (χ0n) is 13.1. The van der Waals surface area contributed by atoms with Crippen molar-refractivity contribution in [2.75, 3.05) is 5.32 Å². The summed E-state index contributed by atoms with van der Waals surface area (Å²) in [5.41, 5.74) is 0.437. The Morgan fingerprint density at radius 3 is 2.13 bits per heavy atom. The van der Waals surface area contributed by atoms with Crippen molar-refractivity contribution in [3.05, 3.63) is 63.6 Å². The number of anilines is 1. The Labute approximate surface area is 145 Å². The van der Waals surface area contributed by atoms with Crippen LogP contribution in [0, 0.1) is 5.41 Å². The van der Waals surface area contributed by atoms with Gasteiger partial charge in [-0.2, -0.15) is 0 Å². The highest BCUT2D eigenvalue weighted by atomic mass is 35.5. The molecular formula is C18H17Cl2NO2. The maximum Gasteiger partial charge on any atom is 0.229 e. The van der Waals surface area contributed by atoms with Gasteiger partial charge in [0.1, 0.15) is 0 Å². The minimum atomic E-state index is -0.626. The van der Waals surface area contributed by atoms with Crippen molar-refractivity contribution in [1.29, 1.82) is 0 Å². The summed E-state index contributed by atoms with van der Waals surface area (Å²) < 4.78 is 0. The smallest absolute Gasteiger partial charge is 0.229 e. The highest BCUT2D eigenvalue weighted by Gasteiger charge is 2.25. The topological polar surface area (TPSA) is 46.2 Å². The van der Waals surface area contributed by atoms with Crippen molar-refractivity contribution in [3.8, 4) is 0 Å². The first-order valence-corrected chi connectivity index (χ1v) is 7.86. The lowest BCUT2D eigenvalue weighted by Gasteiger charge is -2.20. The predicted octanol–water partition coefficient (Wildman–Crippen LogP) is 5.21. The second kappa shape index (κ2) is 6.73. The van der Waals surface area contributed by atoms with Gasteiger partial charge >= 0.3 is 0 Å². The highest BCUT2D eigenvalue weighted by molar-refractivity contribution is 6.44. The van der Waals surface area contributed by atoms with E-state index in [1.54, 1.807) is 57.2 Å². The Balaban J connectivity index is 2.51. The molecule has 0 fully saturated rings. The van der Waals surface area contributed by atoms with E-state index in [-0.39, 0.29) is 27.4 Å². The van der Waals surface area contributed by atoms with Crippen LogP contribution in [0.3, 0.4) is 0 Å². The summed E-state index contributed by atoms with van der Waals surface area (Å²) in [6.45, 7) is 5.33. The molecule has 3 nitrogen and oxygen atoms in total. The van der Waals surface area contributed by atoms with Crippen LogP contribution in [0.15, 0.2) is 42.5 Å². The van der Waals surface area contributed by atoms with Crippen LogP contribution in [0.4, 0.5) is 5.69 Å². The molecule has 0 radical (unpaired) electrons. The van der Waals surface area contributed by atoms with Crippen LogP contribution >= 0.6 is 23.2 Å². The van der Waals surface area contributed by atoms with E-state index in [2.05, 4.69) is 5.32 Å². The molecule has 0 saturated heterocycles. The molecule has 0 bridgehead atoms. The van der Waals surface area contributed by atoms with Crippen LogP contribution in [-0.2, 0) is 4.79 Å². The standard InChI is InChI=1S/C18H17Cl2NO2/c1-18(2,3)17(23)21-15-12(9-10-13(19)14(15)20)16(22)11-7-5-4-6-8-11/h4-10H,1-3H3,(H,21,23). The van der Waals surface area contributed by atoms with E-state index in [9.17, 15) is 9.59 Å². The molecule has 0 unspecified atom stereocenters. The summed E-state index contributed by atoms with van der Waals surface area (Å²) >= 11 is 12.3. The van der Waals surface area contributed by atoms with E-state index in [1.807, 2.05) is 6.07 Å².